The molecule has 0 aromatic heterocycles. The summed E-state index contributed by atoms with van der Waals surface area (Å²) in [5.74, 6) is 0.965. The lowest BCUT2D eigenvalue weighted by Crippen LogP contribution is -2.34. The van der Waals surface area contributed by atoms with Gasteiger partial charge in [0.05, 0.1) is 0 Å². The van der Waals surface area contributed by atoms with Gasteiger partial charge in [-0.15, -0.1) is 0 Å². The highest BCUT2D eigenvalue weighted by Gasteiger charge is 2.26. The highest BCUT2D eigenvalue weighted by molar-refractivity contribution is 5.23. The average Bonchev–Trinajstić information content (AvgIpc) is 3.13. The van der Waals surface area contributed by atoms with Gasteiger partial charge in [0.2, 0.25) is 0 Å². The van der Waals surface area contributed by atoms with Crippen LogP contribution in [-0.4, -0.2) is 35.7 Å². The minimum Gasteiger partial charge on any atom is -0.396 e. The zero-order chi connectivity index (χ0) is 19.6. The Balaban J connectivity index is 0. The Morgan fingerprint density at radius 3 is 2.26 bits per heavy atom. The van der Waals surface area contributed by atoms with Gasteiger partial charge in [-0.25, -0.2) is 0 Å². The molecule has 2 heteroatoms. The molecular weight excluding hydrogens is 330 g/mol. The van der Waals surface area contributed by atoms with Crippen LogP contribution in [0.1, 0.15) is 93.4 Å². The molecular formula is C25H49NO. The van der Waals surface area contributed by atoms with Crippen LogP contribution in [0.3, 0.4) is 0 Å². The van der Waals surface area contributed by atoms with Crippen LogP contribution in [0.4, 0.5) is 0 Å². The molecule has 1 unspecified atom stereocenters. The highest BCUT2D eigenvalue weighted by atomic mass is 16.2. The summed E-state index contributed by atoms with van der Waals surface area (Å²) in [6.07, 6.45) is 20.8. The van der Waals surface area contributed by atoms with Gasteiger partial charge in [0.25, 0.3) is 0 Å². The standard InChI is InChI=1S/C11H21N.C11H18O.C2H6.CH4/c1-10-7-8-12(9-10)11-5-3-2-4-6-11;1-3-5-7-11(9-10-12)8-6-4-2;1-2;/h10-11H,2-9H2,1H3;3,5-8,12H,4,9-10H2,1-2H3;1-2H3;1H4/b;5-3-,8-6-,11-7+;;. The molecule has 0 spiro atoms. The summed E-state index contributed by atoms with van der Waals surface area (Å²) in [6.45, 7) is 13.5. The third-order valence-corrected chi connectivity index (χ3v) is 5.02. The number of hydrogen-bond donors (Lipinski definition) is 1. The molecule has 2 rings (SSSR count). The van der Waals surface area contributed by atoms with Gasteiger partial charge in [0, 0.05) is 19.2 Å². The van der Waals surface area contributed by atoms with Gasteiger partial charge in [-0.05, 0) is 57.1 Å². The van der Waals surface area contributed by atoms with E-state index in [-0.39, 0.29) is 14.0 Å². The molecule has 1 saturated heterocycles. The van der Waals surface area contributed by atoms with Crippen molar-refractivity contribution in [1.82, 2.24) is 4.90 Å². The number of hydrogen-bond acceptors (Lipinski definition) is 2. The summed E-state index contributed by atoms with van der Waals surface area (Å²) >= 11 is 0. The maximum atomic E-state index is 8.74. The normalized spacial score (nSPS) is 21.4. The Kier molecular flexibility index (Phi) is 20.9. The molecule has 2 nitrogen and oxygen atoms in total. The van der Waals surface area contributed by atoms with E-state index in [2.05, 4.69) is 30.9 Å². The van der Waals surface area contributed by atoms with Crippen molar-refractivity contribution in [2.75, 3.05) is 19.7 Å². The maximum absolute atomic E-state index is 8.74. The first-order valence-electron chi connectivity index (χ1n) is 11.0. The molecule has 0 aromatic rings. The van der Waals surface area contributed by atoms with E-state index < -0.39 is 0 Å². The van der Waals surface area contributed by atoms with E-state index in [0.29, 0.717) is 0 Å². The quantitative estimate of drug-likeness (QED) is 0.495. The highest BCUT2D eigenvalue weighted by Crippen LogP contribution is 2.27. The van der Waals surface area contributed by atoms with E-state index in [1.54, 1.807) is 0 Å². The average molecular weight is 380 g/mol. The zero-order valence-electron chi connectivity index (χ0n) is 18.2. The Morgan fingerprint density at radius 2 is 1.78 bits per heavy atom. The van der Waals surface area contributed by atoms with Crippen LogP contribution in [0.15, 0.2) is 36.0 Å². The minimum atomic E-state index is 0. The number of aliphatic hydroxyl groups is 1. The van der Waals surface area contributed by atoms with E-state index in [9.17, 15) is 0 Å². The summed E-state index contributed by atoms with van der Waals surface area (Å²) in [4.78, 5) is 2.74. The predicted octanol–water partition coefficient (Wildman–Crippen LogP) is 7.16. The van der Waals surface area contributed by atoms with E-state index in [4.69, 9.17) is 5.11 Å². The Morgan fingerprint density at radius 1 is 1.11 bits per heavy atom. The van der Waals surface area contributed by atoms with Crippen LogP contribution in [0.25, 0.3) is 0 Å². The van der Waals surface area contributed by atoms with Crippen molar-refractivity contribution >= 4 is 0 Å². The zero-order valence-corrected chi connectivity index (χ0v) is 18.2. The van der Waals surface area contributed by atoms with Gasteiger partial charge >= 0.3 is 0 Å². The van der Waals surface area contributed by atoms with Crippen molar-refractivity contribution in [3.8, 4) is 0 Å². The molecule has 1 atom stereocenters. The van der Waals surface area contributed by atoms with Crippen molar-refractivity contribution in [1.29, 1.82) is 0 Å². The molecule has 2 fully saturated rings. The van der Waals surface area contributed by atoms with Gasteiger partial charge in [0.1, 0.15) is 0 Å². The number of allylic oxidation sites excluding steroid dienone is 5. The summed E-state index contributed by atoms with van der Waals surface area (Å²) in [5.41, 5.74) is 1.18. The fraction of sp³-hybridized carbons (Fsp3) is 0.760. The third-order valence-electron chi connectivity index (χ3n) is 5.02. The summed E-state index contributed by atoms with van der Waals surface area (Å²) < 4.78 is 0. The van der Waals surface area contributed by atoms with E-state index in [0.717, 1.165) is 24.8 Å². The molecule has 160 valence electrons. The monoisotopic (exact) mass is 379 g/mol. The van der Waals surface area contributed by atoms with Crippen LogP contribution < -0.4 is 0 Å². The van der Waals surface area contributed by atoms with E-state index in [1.165, 1.54) is 57.2 Å². The fourth-order valence-corrected chi connectivity index (χ4v) is 3.59. The summed E-state index contributed by atoms with van der Waals surface area (Å²) in [6, 6.07) is 0.962. The first-order chi connectivity index (χ1) is 12.7. The molecule has 27 heavy (non-hydrogen) atoms. The number of nitrogens with zero attached hydrogens (tertiary/aromatic N) is 1. The van der Waals surface area contributed by atoms with Crippen molar-refractivity contribution in [3.05, 3.63) is 36.0 Å². The lowest BCUT2D eigenvalue weighted by atomic mass is 9.94. The Hall–Kier alpha value is -0.860. The van der Waals surface area contributed by atoms with Gasteiger partial charge in [0.15, 0.2) is 0 Å². The largest absolute Gasteiger partial charge is 0.396 e. The van der Waals surface area contributed by atoms with Gasteiger partial charge in [-0.3, -0.25) is 0 Å². The first-order valence-corrected chi connectivity index (χ1v) is 11.0. The molecule has 2 aliphatic rings. The number of rotatable bonds is 6. The molecule has 1 aliphatic heterocycles. The van der Waals surface area contributed by atoms with Crippen LogP contribution in [-0.2, 0) is 0 Å². The fourth-order valence-electron chi connectivity index (χ4n) is 3.59. The molecule has 1 aliphatic carbocycles. The second-order valence-corrected chi connectivity index (χ2v) is 7.23. The maximum Gasteiger partial charge on any atom is 0.0471 e. The number of likely N-dealkylation sites (tertiary alicyclic amines) is 1. The first kappa shape index (κ1) is 28.4. The van der Waals surface area contributed by atoms with Gasteiger partial charge in [-0.1, -0.05) is 84.8 Å². The summed E-state index contributed by atoms with van der Waals surface area (Å²) in [7, 11) is 0. The predicted molar refractivity (Wildman–Crippen MR) is 124 cm³/mol. The van der Waals surface area contributed by atoms with Crippen molar-refractivity contribution < 1.29 is 5.11 Å². The van der Waals surface area contributed by atoms with Crippen LogP contribution in [0.2, 0.25) is 0 Å². The lowest BCUT2D eigenvalue weighted by Gasteiger charge is -2.30. The molecule has 1 heterocycles. The van der Waals surface area contributed by atoms with Gasteiger partial charge < -0.3 is 10.0 Å². The van der Waals surface area contributed by atoms with Gasteiger partial charge in [-0.2, -0.15) is 0 Å². The van der Waals surface area contributed by atoms with Crippen molar-refractivity contribution in [3.63, 3.8) is 0 Å². The SMILES string of the molecule is C.CC.CC1CCN(C2CCCCC2)C1.C\C=C/C=C(\C=C/CC)CCO. The molecule has 1 saturated carbocycles. The van der Waals surface area contributed by atoms with Crippen molar-refractivity contribution in [2.45, 2.75) is 99.5 Å². The van der Waals surface area contributed by atoms with Crippen LogP contribution in [0.5, 0.6) is 0 Å². The molecule has 0 radical (unpaired) electrons. The molecule has 0 amide bonds. The van der Waals surface area contributed by atoms with Crippen LogP contribution >= 0.6 is 0 Å². The molecule has 0 bridgehead atoms. The van der Waals surface area contributed by atoms with Crippen molar-refractivity contribution in [2.24, 2.45) is 5.92 Å². The second kappa shape index (κ2) is 19.9. The number of aliphatic hydroxyl groups excluding tert-OH is 1. The Bertz CT molecular complexity index is 388. The Labute approximate surface area is 171 Å². The lowest BCUT2D eigenvalue weighted by molar-refractivity contribution is 0.186. The smallest absolute Gasteiger partial charge is 0.0471 e. The molecule has 0 aromatic carbocycles. The second-order valence-electron chi connectivity index (χ2n) is 7.23. The third kappa shape index (κ3) is 13.9. The van der Waals surface area contributed by atoms with E-state index in [1.807, 2.05) is 39.0 Å². The minimum absolute atomic E-state index is 0. The van der Waals surface area contributed by atoms with E-state index >= 15 is 0 Å². The van der Waals surface area contributed by atoms with Crippen LogP contribution in [0, 0.1) is 5.92 Å². The summed E-state index contributed by atoms with van der Waals surface area (Å²) in [5, 5.41) is 8.74. The topological polar surface area (TPSA) is 23.5 Å². The molecule has 1 N–H and O–H groups in total.